The van der Waals surface area contributed by atoms with Crippen molar-refractivity contribution in [2.24, 2.45) is 0 Å². The molecular weight excluding hydrogens is 336 g/mol. The van der Waals surface area contributed by atoms with Gasteiger partial charge in [-0.3, -0.25) is 4.90 Å². The van der Waals surface area contributed by atoms with E-state index in [0.717, 1.165) is 16.6 Å². The molecule has 1 aliphatic rings. The Labute approximate surface area is 151 Å². The topological polar surface area (TPSA) is 59.5 Å². The van der Waals surface area contributed by atoms with E-state index in [9.17, 15) is 10.2 Å². The van der Waals surface area contributed by atoms with Crippen molar-refractivity contribution < 1.29 is 10.2 Å². The summed E-state index contributed by atoms with van der Waals surface area (Å²) in [5.41, 5.74) is 3.32. The predicted octanol–water partition coefficient (Wildman–Crippen LogP) is 3.14. The first-order valence-corrected chi connectivity index (χ1v) is 8.88. The molecule has 0 unspecified atom stereocenters. The largest absolute Gasteiger partial charge is 0.395 e. The van der Waals surface area contributed by atoms with Crippen molar-refractivity contribution in [2.45, 2.75) is 24.6 Å². The molecule has 0 spiro atoms. The maximum absolute atomic E-state index is 10.7. The van der Waals surface area contributed by atoms with Gasteiger partial charge in [0.25, 0.3) is 0 Å². The summed E-state index contributed by atoms with van der Waals surface area (Å²) in [5.74, 6) is -0.0244. The first-order chi connectivity index (χ1) is 12.2. The van der Waals surface area contributed by atoms with E-state index in [1.54, 1.807) is 0 Å². The number of benzene rings is 2. The third-order valence-corrected chi connectivity index (χ3v) is 5.45. The molecule has 1 saturated heterocycles. The van der Waals surface area contributed by atoms with Crippen LogP contribution in [-0.4, -0.2) is 45.4 Å². The van der Waals surface area contributed by atoms with Crippen LogP contribution in [0.1, 0.15) is 17.0 Å². The van der Waals surface area contributed by atoms with Gasteiger partial charge in [0.15, 0.2) is 0 Å². The molecule has 130 valence electrons. The number of aromatic amines is 1. The highest BCUT2D eigenvalue weighted by atomic mass is 35.5. The van der Waals surface area contributed by atoms with Gasteiger partial charge in [0.2, 0.25) is 0 Å². The molecule has 1 aromatic heterocycles. The molecule has 4 nitrogen and oxygen atoms in total. The van der Waals surface area contributed by atoms with E-state index in [-0.39, 0.29) is 18.6 Å². The van der Waals surface area contributed by atoms with Gasteiger partial charge >= 0.3 is 0 Å². The van der Waals surface area contributed by atoms with Crippen LogP contribution >= 0.6 is 11.6 Å². The summed E-state index contributed by atoms with van der Waals surface area (Å²) in [6, 6.07) is 15.7. The van der Waals surface area contributed by atoms with Gasteiger partial charge < -0.3 is 15.2 Å². The molecule has 1 fully saturated rings. The normalized spacial score (nSPS) is 24.2. The summed E-state index contributed by atoms with van der Waals surface area (Å²) in [5, 5.41) is 22.4. The van der Waals surface area contributed by atoms with Gasteiger partial charge in [-0.2, -0.15) is 0 Å². The molecule has 0 bridgehead atoms. The van der Waals surface area contributed by atoms with E-state index in [0.29, 0.717) is 18.1 Å². The summed E-state index contributed by atoms with van der Waals surface area (Å²) in [6.45, 7) is 1.34. The minimum Gasteiger partial charge on any atom is -0.395 e. The number of hydrogen-bond donors (Lipinski definition) is 3. The lowest BCUT2D eigenvalue weighted by Gasteiger charge is -2.24. The highest BCUT2D eigenvalue weighted by Crippen LogP contribution is 2.34. The smallest absolute Gasteiger partial charge is 0.0798 e. The summed E-state index contributed by atoms with van der Waals surface area (Å²) in [4.78, 5) is 5.39. The fourth-order valence-corrected chi connectivity index (χ4v) is 3.95. The van der Waals surface area contributed by atoms with Crippen molar-refractivity contribution in [3.05, 3.63) is 70.9 Å². The second kappa shape index (κ2) is 6.81. The minimum atomic E-state index is -0.597. The number of fused-ring (bicyclic) bond motifs is 1. The average molecular weight is 357 g/mol. The number of rotatable bonds is 4. The van der Waals surface area contributed by atoms with Crippen LogP contribution in [0.3, 0.4) is 0 Å². The maximum atomic E-state index is 10.7. The van der Waals surface area contributed by atoms with Crippen LogP contribution in [0.5, 0.6) is 0 Å². The fraction of sp³-hybridized carbons (Fsp3) is 0.300. The number of nitrogens with one attached hydrogen (secondary N) is 1. The standard InChI is InChI=1S/C20H21ClN2O2/c21-16-5-3-14(4-6-16)17-11-23(19(12-24)20(17)25)10-13-1-2-15-7-8-22-18(15)9-13/h1-9,17,19-20,22,24-25H,10-12H2/t17-,19-,20-/m1/s1. The number of likely N-dealkylation sites (tertiary alicyclic amines) is 1. The van der Waals surface area contributed by atoms with Gasteiger partial charge in [0, 0.05) is 35.7 Å². The van der Waals surface area contributed by atoms with E-state index in [4.69, 9.17) is 11.6 Å². The zero-order valence-electron chi connectivity index (χ0n) is 13.8. The highest BCUT2D eigenvalue weighted by Gasteiger charge is 2.40. The number of aliphatic hydroxyl groups is 2. The molecule has 5 heteroatoms. The number of halogens is 1. The maximum Gasteiger partial charge on any atom is 0.0798 e. The average Bonchev–Trinajstić information content (AvgIpc) is 3.20. The van der Waals surface area contributed by atoms with Gasteiger partial charge in [0.05, 0.1) is 18.8 Å². The Morgan fingerprint density at radius 1 is 1.12 bits per heavy atom. The monoisotopic (exact) mass is 356 g/mol. The number of nitrogens with zero attached hydrogens (tertiary/aromatic N) is 1. The van der Waals surface area contributed by atoms with Crippen molar-refractivity contribution in [1.82, 2.24) is 9.88 Å². The second-order valence-electron chi connectivity index (χ2n) is 6.73. The molecule has 0 radical (unpaired) electrons. The summed E-state index contributed by atoms with van der Waals surface area (Å²) < 4.78 is 0. The van der Waals surface area contributed by atoms with Crippen molar-refractivity contribution >= 4 is 22.5 Å². The third kappa shape index (κ3) is 3.18. The Morgan fingerprint density at radius 2 is 1.92 bits per heavy atom. The zero-order valence-corrected chi connectivity index (χ0v) is 14.5. The van der Waals surface area contributed by atoms with Crippen LogP contribution in [0, 0.1) is 0 Å². The molecule has 3 N–H and O–H groups in total. The Kier molecular flexibility index (Phi) is 4.52. The van der Waals surface area contributed by atoms with E-state index >= 15 is 0 Å². The number of aromatic nitrogens is 1. The van der Waals surface area contributed by atoms with Crippen molar-refractivity contribution in [3.8, 4) is 0 Å². The Morgan fingerprint density at radius 3 is 2.68 bits per heavy atom. The van der Waals surface area contributed by atoms with Crippen LogP contribution < -0.4 is 0 Å². The lowest BCUT2D eigenvalue weighted by Crippen LogP contribution is -2.38. The molecule has 3 atom stereocenters. The number of aliphatic hydroxyl groups excluding tert-OH is 2. The van der Waals surface area contributed by atoms with Gasteiger partial charge in [-0.1, -0.05) is 35.9 Å². The highest BCUT2D eigenvalue weighted by molar-refractivity contribution is 6.30. The molecule has 1 aliphatic heterocycles. The van der Waals surface area contributed by atoms with E-state index in [2.05, 4.69) is 28.1 Å². The first-order valence-electron chi connectivity index (χ1n) is 8.50. The molecule has 0 amide bonds. The van der Waals surface area contributed by atoms with Gasteiger partial charge in [-0.15, -0.1) is 0 Å². The number of H-pyrrole nitrogens is 1. The van der Waals surface area contributed by atoms with E-state index in [1.165, 1.54) is 5.39 Å². The van der Waals surface area contributed by atoms with Crippen molar-refractivity contribution in [1.29, 1.82) is 0 Å². The minimum absolute atomic E-state index is 0.0244. The quantitative estimate of drug-likeness (QED) is 0.673. The molecular formula is C20H21ClN2O2. The lowest BCUT2D eigenvalue weighted by molar-refractivity contribution is 0.0641. The zero-order chi connectivity index (χ0) is 17.4. The summed E-state index contributed by atoms with van der Waals surface area (Å²) in [7, 11) is 0. The molecule has 2 heterocycles. The van der Waals surface area contributed by atoms with Crippen LogP contribution in [0.4, 0.5) is 0 Å². The molecule has 4 rings (SSSR count). The van der Waals surface area contributed by atoms with Crippen LogP contribution in [0.2, 0.25) is 5.02 Å². The van der Waals surface area contributed by atoms with Crippen molar-refractivity contribution in [3.63, 3.8) is 0 Å². The fourth-order valence-electron chi connectivity index (χ4n) is 3.83. The Balaban J connectivity index is 1.56. The molecule has 25 heavy (non-hydrogen) atoms. The van der Waals surface area contributed by atoms with Gasteiger partial charge in [-0.05, 0) is 40.8 Å². The Bertz CT molecular complexity index is 862. The third-order valence-electron chi connectivity index (χ3n) is 5.20. The van der Waals surface area contributed by atoms with Gasteiger partial charge in [-0.25, -0.2) is 0 Å². The van der Waals surface area contributed by atoms with E-state index < -0.39 is 6.10 Å². The van der Waals surface area contributed by atoms with Crippen LogP contribution in [0.15, 0.2) is 54.7 Å². The van der Waals surface area contributed by atoms with E-state index in [1.807, 2.05) is 36.5 Å². The van der Waals surface area contributed by atoms with Crippen molar-refractivity contribution in [2.75, 3.05) is 13.2 Å². The summed E-state index contributed by atoms with van der Waals surface area (Å²) >= 11 is 5.97. The molecule has 0 aliphatic carbocycles. The SMILES string of the molecule is OC[C@@H]1[C@H](O)[C@@H](c2ccc(Cl)cc2)CN1Cc1ccc2cc[nH]c2c1. The van der Waals surface area contributed by atoms with Gasteiger partial charge in [0.1, 0.15) is 0 Å². The molecule has 3 aromatic rings. The summed E-state index contributed by atoms with van der Waals surface area (Å²) in [6.07, 6.45) is 1.33. The molecule has 0 saturated carbocycles. The predicted molar refractivity (Wildman–Crippen MR) is 99.8 cm³/mol. The first kappa shape index (κ1) is 16.6. The lowest BCUT2D eigenvalue weighted by atomic mass is 9.94. The van der Waals surface area contributed by atoms with Crippen LogP contribution in [-0.2, 0) is 6.54 Å². The second-order valence-corrected chi connectivity index (χ2v) is 7.16. The Hall–Kier alpha value is -1.85. The van der Waals surface area contributed by atoms with Crippen LogP contribution in [0.25, 0.3) is 10.9 Å². The number of hydrogen-bond acceptors (Lipinski definition) is 3. The molecule has 2 aromatic carbocycles.